The lowest BCUT2D eigenvalue weighted by Gasteiger charge is -2.34. The van der Waals surface area contributed by atoms with Crippen LogP contribution >= 0.6 is 0 Å². The summed E-state index contributed by atoms with van der Waals surface area (Å²) in [6, 6.07) is 8.51. The van der Waals surface area contributed by atoms with Crippen LogP contribution in [0.4, 0.5) is 24.5 Å². The number of hydrogen-bond acceptors (Lipinski definition) is 5. The molecule has 8 nitrogen and oxygen atoms in total. The summed E-state index contributed by atoms with van der Waals surface area (Å²) in [5.41, 5.74) is -0.00877. The van der Waals surface area contributed by atoms with Gasteiger partial charge >= 0.3 is 6.18 Å². The van der Waals surface area contributed by atoms with Gasteiger partial charge in [-0.15, -0.1) is 0 Å². The number of amides is 2. The minimum Gasteiger partial charge on any atom is -0.336 e. The Morgan fingerprint density at radius 3 is 2.25 bits per heavy atom. The number of carbonyl (C=O) groups excluding carboxylic acids is 2. The zero-order valence-corrected chi connectivity index (χ0v) is 17.2. The predicted molar refractivity (Wildman–Crippen MR) is 110 cm³/mol. The second-order valence-corrected chi connectivity index (χ2v) is 7.40. The highest BCUT2D eigenvalue weighted by molar-refractivity contribution is 5.95. The maximum atomic E-state index is 12.7. The van der Waals surface area contributed by atoms with Crippen molar-refractivity contribution in [1.29, 1.82) is 0 Å². The predicted octanol–water partition coefficient (Wildman–Crippen LogP) is 3.32. The van der Waals surface area contributed by atoms with E-state index in [0.29, 0.717) is 37.4 Å². The zero-order chi connectivity index (χ0) is 23.5. The topological polar surface area (TPSA) is 95.8 Å². The number of anilines is 1. The smallest absolute Gasteiger partial charge is 0.336 e. The van der Waals surface area contributed by atoms with Crippen molar-refractivity contribution in [3.8, 4) is 0 Å². The molecule has 0 atom stereocenters. The first-order valence-corrected chi connectivity index (χ1v) is 9.79. The maximum absolute atomic E-state index is 12.7. The van der Waals surface area contributed by atoms with Gasteiger partial charge in [0, 0.05) is 37.8 Å². The molecule has 11 heteroatoms. The van der Waals surface area contributed by atoms with Gasteiger partial charge in [0.2, 0.25) is 5.91 Å². The SMILES string of the molecule is Cc1c(NC(=O)CN2CCN(C(=O)c3ccc(C(F)(F)F)cc3)CC2)cccc1[N+](=O)[O-]. The summed E-state index contributed by atoms with van der Waals surface area (Å²) in [7, 11) is 0. The van der Waals surface area contributed by atoms with Crippen molar-refractivity contribution < 1.29 is 27.7 Å². The third-order valence-electron chi connectivity index (χ3n) is 5.26. The van der Waals surface area contributed by atoms with E-state index in [1.54, 1.807) is 13.0 Å². The molecule has 0 aliphatic carbocycles. The van der Waals surface area contributed by atoms with Crippen LogP contribution in [-0.2, 0) is 11.0 Å². The molecule has 1 N–H and O–H groups in total. The number of alkyl halides is 3. The molecular formula is C21H21F3N4O4. The molecule has 1 heterocycles. The molecule has 0 unspecified atom stereocenters. The molecule has 2 aromatic carbocycles. The number of nitro groups is 1. The second kappa shape index (κ2) is 9.35. The number of halogens is 3. The van der Waals surface area contributed by atoms with Gasteiger partial charge < -0.3 is 10.2 Å². The maximum Gasteiger partial charge on any atom is 0.416 e. The van der Waals surface area contributed by atoms with E-state index >= 15 is 0 Å². The van der Waals surface area contributed by atoms with Crippen LogP contribution in [0.25, 0.3) is 0 Å². The van der Waals surface area contributed by atoms with Crippen LogP contribution < -0.4 is 5.32 Å². The van der Waals surface area contributed by atoms with Gasteiger partial charge in [-0.25, -0.2) is 0 Å². The van der Waals surface area contributed by atoms with Crippen molar-refractivity contribution in [2.24, 2.45) is 0 Å². The zero-order valence-electron chi connectivity index (χ0n) is 17.2. The Hall–Kier alpha value is -3.47. The summed E-state index contributed by atoms with van der Waals surface area (Å²) < 4.78 is 38.0. The average Bonchev–Trinajstić information content (AvgIpc) is 2.74. The van der Waals surface area contributed by atoms with E-state index in [4.69, 9.17) is 0 Å². The number of piperazine rings is 1. The monoisotopic (exact) mass is 450 g/mol. The first kappa shape index (κ1) is 23.2. The number of nitrogens with zero attached hydrogens (tertiary/aromatic N) is 3. The van der Waals surface area contributed by atoms with Crippen LogP contribution in [0.15, 0.2) is 42.5 Å². The summed E-state index contributed by atoms with van der Waals surface area (Å²) in [5.74, 6) is -0.703. The average molecular weight is 450 g/mol. The highest BCUT2D eigenvalue weighted by atomic mass is 19.4. The molecule has 32 heavy (non-hydrogen) atoms. The largest absolute Gasteiger partial charge is 0.416 e. The van der Waals surface area contributed by atoms with Crippen molar-refractivity contribution in [1.82, 2.24) is 9.80 Å². The summed E-state index contributed by atoms with van der Waals surface area (Å²) in [4.78, 5) is 38.8. The molecule has 2 aromatic rings. The number of hydrogen-bond donors (Lipinski definition) is 1. The Morgan fingerprint density at radius 2 is 1.69 bits per heavy atom. The first-order valence-electron chi connectivity index (χ1n) is 9.79. The van der Waals surface area contributed by atoms with Crippen LogP contribution in [0.2, 0.25) is 0 Å². The second-order valence-electron chi connectivity index (χ2n) is 7.40. The van der Waals surface area contributed by atoms with Crippen molar-refractivity contribution in [2.75, 3.05) is 38.0 Å². The van der Waals surface area contributed by atoms with Gasteiger partial charge in [-0.05, 0) is 37.3 Å². The molecule has 1 saturated heterocycles. The third-order valence-corrected chi connectivity index (χ3v) is 5.26. The van der Waals surface area contributed by atoms with Crippen LogP contribution in [0.1, 0.15) is 21.5 Å². The lowest BCUT2D eigenvalue weighted by molar-refractivity contribution is -0.385. The van der Waals surface area contributed by atoms with Crippen LogP contribution in [0.5, 0.6) is 0 Å². The summed E-state index contributed by atoms with van der Waals surface area (Å²) in [5, 5.41) is 13.7. The van der Waals surface area contributed by atoms with E-state index < -0.39 is 16.7 Å². The molecular weight excluding hydrogens is 429 g/mol. The van der Waals surface area contributed by atoms with E-state index in [1.165, 1.54) is 17.0 Å². The van der Waals surface area contributed by atoms with Crippen molar-refractivity contribution in [2.45, 2.75) is 13.1 Å². The van der Waals surface area contributed by atoms with Crippen molar-refractivity contribution in [3.05, 3.63) is 69.3 Å². The third kappa shape index (κ3) is 5.41. The molecule has 170 valence electrons. The molecule has 0 saturated carbocycles. The minimum atomic E-state index is -4.46. The first-order chi connectivity index (χ1) is 15.1. The fourth-order valence-corrected chi connectivity index (χ4v) is 3.44. The van der Waals surface area contributed by atoms with E-state index in [9.17, 15) is 32.9 Å². The Balaban J connectivity index is 1.52. The standard InChI is InChI=1S/C21H21F3N4O4/c1-14-17(3-2-4-18(14)28(31)32)25-19(29)13-26-9-11-27(12-10-26)20(30)15-5-7-16(8-6-15)21(22,23)24/h2-8H,9-13H2,1H3,(H,25,29). The van der Waals surface area contributed by atoms with Gasteiger partial charge in [0.25, 0.3) is 11.6 Å². The molecule has 1 fully saturated rings. The lowest BCUT2D eigenvalue weighted by Crippen LogP contribution is -2.50. The van der Waals surface area contributed by atoms with Gasteiger partial charge in [0.15, 0.2) is 0 Å². The van der Waals surface area contributed by atoms with E-state index in [0.717, 1.165) is 24.3 Å². The van der Waals surface area contributed by atoms with Crippen molar-refractivity contribution in [3.63, 3.8) is 0 Å². The lowest BCUT2D eigenvalue weighted by atomic mass is 10.1. The fourth-order valence-electron chi connectivity index (χ4n) is 3.44. The van der Waals surface area contributed by atoms with Gasteiger partial charge in [0.05, 0.1) is 28.3 Å². The Morgan fingerprint density at radius 1 is 1.06 bits per heavy atom. The fraction of sp³-hybridized carbons (Fsp3) is 0.333. The van der Waals surface area contributed by atoms with Crippen molar-refractivity contribution >= 4 is 23.2 Å². The molecule has 0 bridgehead atoms. The summed E-state index contributed by atoms with van der Waals surface area (Å²) in [6.07, 6.45) is -4.46. The van der Waals surface area contributed by atoms with Crippen LogP contribution in [0, 0.1) is 17.0 Å². The molecule has 1 aliphatic rings. The summed E-state index contributed by atoms with van der Waals surface area (Å²) in [6.45, 7) is 3.07. The molecule has 3 rings (SSSR count). The number of nitro benzene ring substituents is 1. The normalized spacial score (nSPS) is 14.8. The molecule has 0 aromatic heterocycles. The number of benzene rings is 2. The Bertz CT molecular complexity index is 1020. The number of rotatable bonds is 5. The van der Waals surface area contributed by atoms with Gasteiger partial charge in [0.1, 0.15) is 0 Å². The van der Waals surface area contributed by atoms with Crippen LogP contribution in [0.3, 0.4) is 0 Å². The quantitative estimate of drug-likeness (QED) is 0.557. The Labute approximate surface area is 181 Å². The highest BCUT2D eigenvalue weighted by Crippen LogP contribution is 2.29. The molecule has 2 amide bonds. The minimum absolute atomic E-state index is 0.0461. The molecule has 0 radical (unpaired) electrons. The highest BCUT2D eigenvalue weighted by Gasteiger charge is 2.31. The molecule has 0 spiro atoms. The Kier molecular flexibility index (Phi) is 6.78. The summed E-state index contributed by atoms with van der Waals surface area (Å²) >= 11 is 0. The molecule has 1 aliphatic heterocycles. The van der Waals surface area contributed by atoms with E-state index in [1.807, 2.05) is 4.90 Å². The van der Waals surface area contributed by atoms with Crippen LogP contribution in [-0.4, -0.2) is 59.3 Å². The number of nitrogens with one attached hydrogen (secondary N) is 1. The van der Waals surface area contributed by atoms with Gasteiger partial charge in [-0.3, -0.25) is 24.6 Å². The van der Waals surface area contributed by atoms with Gasteiger partial charge in [-0.2, -0.15) is 13.2 Å². The van der Waals surface area contributed by atoms with E-state index in [-0.39, 0.29) is 29.6 Å². The van der Waals surface area contributed by atoms with E-state index in [2.05, 4.69) is 5.32 Å². The van der Waals surface area contributed by atoms with Gasteiger partial charge in [-0.1, -0.05) is 6.07 Å². The number of carbonyl (C=O) groups is 2.